The van der Waals surface area contributed by atoms with Gasteiger partial charge >= 0.3 is 18.0 Å². The normalized spacial score (nSPS) is 31.5. The molecule has 0 aromatic rings. The Morgan fingerprint density at radius 1 is 0.944 bits per heavy atom. The second-order valence-corrected chi connectivity index (χ2v) is 4.53. The zero-order valence-corrected chi connectivity index (χ0v) is 9.08. The molecule has 1 aliphatic rings. The van der Waals surface area contributed by atoms with Crippen molar-refractivity contribution in [2.75, 3.05) is 0 Å². The minimum absolute atomic E-state index is 0.333. The highest BCUT2D eigenvalue weighted by Crippen LogP contribution is 2.53. The highest BCUT2D eigenvalue weighted by Gasteiger charge is 2.78. The molecule has 0 spiro atoms. The first-order valence-corrected chi connectivity index (χ1v) is 5.14. The molecule has 1 aliphatic carbocycles. The van der Waals surface area contributed by atoms with Gasteiger partial charge in [0, 0.05) is 0 Å². The van der Waals surface area contributed by atoms with E-state index in [1.54, 1.807) is 0 Å². The summed E-state index contributed by atoms with van der Waals surface area (Å²) < 4.78 is 88.5. The van der Waals surface area contributed by atoms with Crippen molar-refractivity contribution in [3.05, 3.63) is 0 Å². The van der Waals surface area contributed by atoms with Crippen LogP contribution >= 0.6 is 0 Å². The molecule has 0 aromatic heterocycles. The average Bonchev–Trinajstić information content (AvgIpc) is 2.20. The topological polar surface area (TPSA) is 46.2 Å². The van der Waals surface area contributed by atoms with Gasteiger partial charge in [0.15, 0.2) is 0 Å². The van der Waals surface area contributed by atoms with Crippen LogP contribution in [0.4, 0.5) is 30.7 Å². The maximum Gasteiger partial charge on any atom is 0.459 e. The number of halogens is 7. The molecule has 1 fully saturated rings. The Hall–Kier alpha value is -0.570. The molecule has 3 N–H and O–H groups in total. The molecule has 2 nitrogen and oxygen atoms in total. The summed E-state index contributed by atoms with van der Waals surface area (Å²) in [4.78, 5) is 0. The van der Waals surface area contributed by atoms with Crippen LogP contribution in [0.3, 0.4) is 0 Å². The van der Waals surface area contributed by atoms with Gasteiger partial charge in [-0.05, 0) is 25.7 Å². The Bertz CT molecular complexity index is 307. The first kappa shape index (κ1) is 15.5. The van der Waals surface area contributed by atoms with Gasteiger partial charge in [0.1, 0.15) is 0 Å². The highest BCUT2D eigenvalue weighted by molar-refractivity contribution is 5.09. The molecule has 9 heteroatoms. The van der Waals surface area contributed by atoms with Crippen LogP contribution in [-0.4, -0.2) is 34.8 Å². The molecule has 0 bridgehead atoms. The summed E-state index contributed by atoms with van der Waals surface area (Å²) >= 11 is 0. The minimum Gasteiger partial charge on any atom is -0.393 e. The molecule has 0 unspecified atom stereocenters. The molecule has 1 rings (SSSR count). The van der Waals surface area contributed by atoms with Crippen molar-refractivity contribution >= 4 is 0 Å². The first-order valence-electron chi connectivity index (χ1n) is 5.14. The smallest absolute Gasteiger partial charge is 0.393 e. The van der Waals surface area contributed by atoms with Crippen LogP contribution in [0, 0.1) is 0 Å². The Balaban J connectivity index is 3.06. The van der Waals surface area contributed by atoms with Gasteiger partial charge < -0.3 is 10.8 Å². The van der Waals surface area contributed by atoms with Crippen LogP contribution in [0.15, 0.2) is 0 Å². The fourth-order valence-corrected chi connectivity index (χ4v) is 1.92. The van der Waals surface area contributed by atoms with E-state index in [0.29, 0.717) is 0 Å². The molecule has 1 saturated carbocycles. The van der Waals surface area contributed by atoms with Gasteiger partial charge in [-0.3, -0.25) is 0 Å². The monoisotopic (exact) mass is 283 g/mol. The van der Waals surface area contributed by atoms with Crippen molar-refractivity contribution in [3.63, 3.8) is 0 Å². The summed E-state index contributed by atoms with van der Waals surface area (Å²) in [6, 6.07) is 0. The second kappa shape index (κ2) is 4.22. The van der Waals surface area contributed by atoms with E-state index >= 15 is 0 Å². The van der Waals surface area contributed by atoms with Crippen LogP contribution in [0.25, 0.3) is 0 Å². The number of aliphatic hydroxyl groups excluding tert-OH is 1. The Labute approximate surface area is 97.9 Å². The standard InChI is InChI=1S/C9H12F7NO/c10-7(11,8(12,13)9(14,15)16)6(17)3-1-5(18)2-4-6/h5,18H,1-4,17H2. The van der Waals surface area contributed by atoms with E-state index in [1.807, 2.05) is 0 Å². The molecular weight excluding hydrogens is 271 g/mol. The Morgan fingerprint density at radius 3 is 1.67 bits per heavy atom. The molecule has 18 heavy (non-hydrogen) atoms. The summed E-state index contributed by atoms with van der Waals surface area (Å²) in [7, 11) is 0. The van der Waals surface area contributed by atoms with Crippen LogP contribution in [0.1, 0.15) is 25.7 Å². The van der Waals surface area contributed by atoms with Crippen LogP contribution < -0.4 is 5.73 Å². The third-order valence-corrected chi connectivity index (χ3v) is 3.22. The van der Waals surface area contributed by atoms with Crippen molar-refractivity contribution in [2.24, 2.45) is 5.73 Å². The van der Waals surface area contributed by atoms with Gasteiger partial charge in [-0.1, -0.05) is 0 Å². The lowest BCUT2D eigenvalue weighted by Gasteiger charge is -2.44. The van der Waals surface area contributed by atoms with Gasteiger partial charge in [0.25, 0.3) is 0 Å². The number of nitrogens with two attached hydrogens (primary N) is 1. The quantitative estimate of drug-likeness (QED) is 0.765. The van der Waals surface area contributed by atoms with Gasteiger partial charge in [-0.2, -0.15) is 30.7 Å². The van der Waals surface area contributed by atoms with Gasteiger partial charge in [-0.25, -0.2) is 0 Å². The van der Waals surface area contributed by atoms with Crippen LogP contribution in [0.5, 0.6) is 0 Å². The van der Waals surface area contributed by atoms with Crippen molar-refractivity contribution in [3.8, 4) is 0 Å². The lowest BCUT2D eigenvalue weighted by molar-refractivity contribution is -0.370. The van der Waals surface area contributed by atoms with E-state index in [1.165, 1.54) is 0 Å². The summed E-state index contributed by atoms with van der Waals surface area (Å²) in [5.41, 5.74) is 2.07. The summed E-state index contributed by atoms with van der Waals surface area (Å²) in [6.07, 6.45) is -9.64. The summed E-state index contributed by atoms with van der Waals surface area (Å²) in [5, 5.41) is 9.06. The van der Waals surface area contributed by atoms with Crippen LogP contribution in [0.2, 0.25) is 0 Å². The molecule has 0 heterocycles. The van der Waals surface area contributed by atoms with Crippen molar-refractivity contribution in [1.29, 1.82) is 0 Å². The zero-order valence-electron chi connectivity index (χ0n) is 9.08. The van der Waals surface area contributed by atoms with Crippen LogP contribution in [-0.2, 0) is 0 Å². The third-order valence-electron chi connectivity index (χ3n) is 3.22. The maximum atomic E-state index is 13.4. The number of alkyl halides is 7. The molecule has 0 aliphatic heterocycles. The Kier molecular flexibility index (Phi) is 3.63. The largest absolute Gasteiger partial charge is 0.459 e. The van der Waals surface area contributed by atoms with E-state index < -0.39 is 42.5 Å². The van der Waals surface area contributed by atoms with E-state index in [0.717, 1.165) is 0 Å². The molecule has 108 valence electrons. The van der Waals surface area contributed by atoms with Gasteiger partial charge in [-0.15, -0.1) is 0 Å². The average molecular weight is 283 g/mol. The summed E-state index contributed by atoms with van der Waals surface area (Å²) in [5.74, 6) is -11.6. The number of hydrogen-bond donors (Lipinski definition) is 2. The maximum absolute atomic E-state index is 13.4. The SMILES string of the molecule is NC1(C(F)(F)C(F)(F)C(F)(F)F)CCC(O)CC1. The number of aliphatic hydroxyl groups is 1. The molecule has 0 radical (unpaired) electrons. The summed E-state index contributed by atoms with van der Waals surface area (Å²) in [6.45, 7) is 0. The van der Waals surface area contributed by atoms with E-state index in [-0.39, 0.29) is 12.8 Å². The number of rotatable bonds is 2. The fourth-order valence-electron chi connectivity index (χ4n) is 1.92. The van der Waals surface area contributed by atoms with Crippen molar-refractivity contribution in [2.45, 2.75) is 55.3 Å². The number of hydrogen-bond acceptors (Lipinski definition) is 2. The third kappa shape index (κ3) is 2.18. The molecular formula is C9H12F7NO. The van der Waals surface area contributed by atoms with E-state index in [2.05, 4.69) is 0 Å². The molecule has 0 atom stereocenters. The highest BCUT2D eigenvalue weighted by atomic mass is 19.4. The fraction of sp³-hybridized carbons (Fsp3) is 1.00. The minimum atomic E-state index is -6.38. The van der Waals surface area contributed by atoms with Gasteiger partial charge in [0.05, 0.1) is 11.6 Å². The van der Waals surface area contributed by atoms with Crippen molar-refractivity contribution in [1.82, 2.24) is 0 Å². The van der Waals surface area contributed by atoms with Crippen molar-refractivity contribution < 1.29 is 35.8 Å². The lowest BCUT2D eigenvalue weighted by atomic mass is 9.74. The molecule has 0 saturated heterocycles. The molecule has 0 aromatic carbocycles. The Morgan fingerprint density at radius 2 is 1.33 bits per heavy atom. The molecule has 0 amide bonds. The second-order valence-electron chi connectivity index (χ2n) is 4.53. The predicted octanol–water partition coefficient (Wildman–Crippen LogP) is 2.45. The lowest BCUT2D eigenvalue weighted by Crippen LogP contribution is -2.69. The van der Waals surface area contributed by atoms with E-state index in [9.17, 15) is 30.7 Å². The first-order chi connectivity index (χ1) is 7.85. The predicted molar refractivity (Wildman–Crippen MR) is 47.3 cm³/mol. The zero-order chi connectivity index (χ0) is 14.4. The van der Waals surface area contributed by atoms with E-state index in [4.69, 9.17) is 10.8 Å². The van der Waals surface area contributed by atoms with Gasteiger partial charge in [0.2, 0.25) is 0 Å².